The molecule has 1 N–H and O–H groups in total. The standard InChI is InChI=1S/C25H27N3O3S/c29-24(19-27(18-23-10-5-13-31-23)17-20-6-2-1-3-7-20)26-22-9-4-8-21(16-22)25(30)28-11-14-32-15-12-28/h1-10,13,16H,11-12,14-15,17-19H2,(H,26,29). The van der Waals surface area contributed by atoms with Crippen LogP contribution in [0.25, 0.3) is 0 Å². The average Bonchev–Trinajstić information content (AvgIpc) is 3.33. The third kappa shape index (κ3) is 6.24. The predicted octanol–water partition coefficient (Wildman–Crippen LogP) is 4.11. The molecule has 1 fully saturated rings. The van der Waals surface area contributed by atoms with Crippen molar-refractivity contribution in [2.24, 2.45) is 0 Å². The maximum atomic E-state index is 12.8. The number of furan rings is 1. The first kappa shape index (κ1) is 22.2. The van der Waals surface area contributed by atoms with Crippen LogP contribution in [0.4, 0.5) is 5.69 Å². The number of anilines is 1. The van der Waals surface area contributed by atoms with E-state index >= 15 is 0 Å². The van der Waals surface area contributed by atoms with Gasteiger partial charge in [0.1, 0.15) is 5.76 Å². The van der Waals surface area contributed by atoms with Gasteiger partial charge in [0, 0.05) is 42.4 Å². The minimum absolute atomic E-state index is 0.0184. The van der Waals surface area contributed by atoms with Gasteiger partial charge >= 0.3 is 0 Å². The molecule has 1 aliphatic heterocycles. The molecule has 32 heavy (non-hydrogen) atoms. The van der Waals surface area contributed by atoms with Gasteiger partial charge in [0.25, 0.3) is 5.91 Å². The maximum Gasteiger partial charge on any atom is 0.253 e. The molecule has 0 spiro atoms. The van der Waals surface area contributed by atoms with Crippen molar-refractivity contribution in [1.29, 1.82) is 0 Å². The van der Waals surface area contributed by atoms with Crippen molar-refractivity contribution in [3.05, 3.63) is 89.9 Å². The lowest BCUT2D eigenvalue weighted by atomic mass is 10.1. The van der Waals surface area contributed by atoms with Gasteiger partial charge in [-0.15, -0.1) is 0 Å². The highest BCUT2D eigenvalue weighted by Crippen LogP contribution is 2.17. The number of nitrogens with zero attached hydrogens (tertiary/aromatic N) is 2. The number of rotatable bonds is 8. The Balaban J connectivity index is 1.40. The summed E-state index contributed by atoms with van der Waals surface area (Å²) in [5, 5.41) is 2.95. The number of hydrogen-bond donors (Lipinski definition) is 1. The van der Waals surface area contributed by atoms with Crippen LogP contribution in [-0.2, 0) is 17.9 Å². The van der Waals surface area contributed by atoms with Crippen LogP contribution in [0.1, 0.15) is 21.7 Å². The molecule has 1 aliphatic rings. The molecule has 0 saturated carbocycles. The van der Waals surface area contributed by atoms with Gasteiger partial charge < -0.3 is 14.6 Å². The zero-order valence-corrected chi connectivity index (χ0v) is 18.7. The molecule has 2 aromatic carbocycles. The Hall–Kier alpha value is -3.03. The Labute approximate surface area is 192 Å². The van der Waals surface area contributed by atoms with Crippen molar-refractivity contribution < 1.29 is 14.0 Å². The highest BCUT2D eigenvalue weighted by Gasteiger charge is 2.19. The van der Waals surface area contributed by atoms with Gasteiger partial charge in [0.2, 0.25) is 5.91 Å². The monoisotopic (exact) mass is 449 g/mol. The van der Waals surface area contributed by atoms with Crippen molar-refractivity contribution in [2.75, 3.05) is 36.5 Å². The van der Waals surface area contributed by atoms with Crippen LogP contribution in [0.3, 0.4) is 0 Å². The van der Waals surface area contributed by atoms with Gasteiger partial charge in [0.05, 0.1) is 19.4 Å². The number of hydrogen-bond acceptors (Lipinski definition) is 5. The quantitative estimate of drug-likeness (QED) is 0.561. The molecular formula is C25H27N3O3S. The zero-order chi connectivity index (χ0) is 22.2. The number of carbonyl (C=O) groups excluding carboxylic acids is 2. The molecule has 0 radical (unpaired) electrons. The highest BCUT2D eigenvalue weighted by atomic mass is 32.2. The second-order valence-electron chi connectivity index (χ2n) is 7.74. The molecule has 166 valence electrons. The lowest BCUT2D eigenvalue weighted by Crippen LogP contribution is -2.38. The molecule has 4 rings (SSSR count). The molecule has 2 amide bonds. The van der Waals surface area contributed by atoms with Gasteiger partial charge in [-0.1, -0.05) is 36.4 Å². The average molecular weight is 450 g/mol. The van der Waals surface area contributed by atoms with Crippen molar-refractivity contribution >= 4 is 29.3 Å². The minimum atomic E-state index is -0.133. The van der Waals surface area contributed by atoms with E-state index < -0.39 is 0 Å². The Morgan fingerprint density at radius 3 is 2.53 bits per heavy atom. The first-order chi connectivity index (χ1) is 15.7. The lowest BCUT2D eigenvalue weighted by Gasteiger charge is -2.26. The van der Waals surface area contributed by atoms with Crippen LogP contribution >= 0.6 is 11.8 Å². The van der Waals surface area contributed by atoms with E-state index in [1.54, 1.807) is 18.4 Å². The van der Waals surface area contributed by atoms with Crippen molar-refractivity contribution in [2.45, 2.75) is 13.1 Å². The fourth-order valence-corrected chi connectivity index (χ4v) is 4.62. The van der Waals surface area contributed by atoms with Crippen LogP contribution in [0.2, 0.25) is 0 Å². The molecule has 2 heterocycles. The number of nitrogens with one attached hydrogen (secondary N) is 1. The van der Waals surface area contributed by atoms with Crippen LogP contribution in [-0.4, -0.2) is 52.8 Å². The summed E-state index contributed by atoms with van der Waals surface area (Å²) < 4.78 is 5.48. The van der Waals surface area contributed by atoms with Crippen LogP contribution in [0.15, 0.2) is 77.4 Å². The third-order valence-electron chi connectivity index (χ3n) is 5.27. The Kier molecular flexibility index (Phi) is 7.64. The summed E-state index contributed by atoms with van der Waals surface area (Å²) in [6, 6.07) is 21.0. The van der Waals surface area contributed by atoms with E-state index in [9.17, 15) is 9.59 Å². The molecule has 3 aromatic rings. The second kappa shape index (κ2) is 11.0. The minimum Gasteiger partial charge on any atom is -0.468 e. The van der Waals surface area contributed by atoms with Gasteiger partial charge in [-0.2, -0.15) is 11.8 Å². The van der Waals surface area contributed by atoms with E-state index in [1.165, 1.54) is 0 Å². The van der Waals surface area contributed by atoms with E-state index in [2.05, 4.69) is 5.32 Å². The molecule has 7 heteroatoms. The smallest absolute Gasteiger partial charge is 0.253 e. The second-order valence-corrected chi connectivity index (χ2v) is 8.97. The van der Waals surface area contributed by atoms with Gasteiger partial charge in [-0.25, -0.2) is 0 Å². The van der Waals surface area contributed by atoms with E-state index in [0.29, 0.717) is 24.3 Å². The third-order valence-corrected chi connectivity index (χ3v) is 6.21. The van der Waals surface area contributed by atoms with Crippen LogP contribution < -0.4 is 5.32 Å². The predicted molar refractivity (Wildman–Crippen MR) is 128 cm³/mol. The summed E-state index contributed by atoms with van der Waals surface area (Å²) in [6.45, 7) is 2.89. The summed E-state index contributed by atoms with van der Waals surface area (Å²) in [7, 11) is 0. The number of amides is 2. The topological polar surface area (TPSA) is 65.8 Å². The fraction of sp³-hybridized carbons (Fsp3) is 0.280. The molecule has 1 aromatic heterocycles. The first-order valence-corrected chi connectivity index (χ1v) is 11.9. The molecule has 0 bridgehead atoms. The van der Waals surface area contributed by atoms with E-state index in [4.69, 9.17) is 4.42 Å². The van der Waals surface area contributed by atoms with Crippen molar-refractivity contribution in [3.8, 4) is 0 Å². The van der Waals surface area contributed by atoms with E-state index in [0.717, 1.165) is 35.9 Å². The zero-order valence-electron chi connectivity index (χ0n) is 17.9. The van der Waals surface area contributed by atoms with Crippen molar-refractivity contribution in [3.63, 3.8) is 0 Å². The van der Waals surface area contributed by atoms with E-state index in [-0.39, 0.29) is 18.4 Å². The lowest BCUT2D eigenvalue weighted by molar-refractivity contribution is -0.117. The Morgan fingerprint density at radius 2 is 1.78 bits per heavy atom. The number of carbonyl (C=O) groups is 2. The van der Waals surface area contributed by atoms with E-state index in [1.807, 2.05) is 76.2 Å². The van der Waals surface area contributed by atoms with Gasteiger partial charge in [-0.3, -0.25) is 14.5 Å². The number of thioether (sulfide) groups is 1. The molecule has 6 nitrogen and oxygen atoms in total. The largest absolute Gasteiger partial charge is 0.468 e. The molecule has 1 saturated heterocycles. The summed E-state index contributed by atoms with van der Waals surface area (Å²) in [6.07, 6.45) is 1.64. The van der Waals surface area contributed by atoms with Crippen LogP contribution in [0, 0.1) is 0 Å². The molecule has 0 unspecified atom stereocenters. The normalized spacial score (nSPS) is 13.8. The summed E-state index contributed by atoms with van der Waals surface area (Å²) >= 11 is 1.87. The van der Waals surface area contributed by atoms with Gasteiger partial charge in [0.15, 0.2) is 0 Å². The number of benzene rings is 2. The summed E-state index contributed by atoms with van der Waals surface area (Å²) in [5.74, 6) is 2.63. The summed E-state index contributed by atoms with van der Waals surface area (Å²) in [4.78, 5) is 29.5. The van der Waals surface area contributed by atoms with Crippen LogP contribution in [0.5, 0.6) is 0 Å². The summed E-state index contributed by atoms with van der Waals surface area (Å²) in [5.41, 5.74) is 2.36. The molecule has 0 aliphatic carbocycles. The molecule has 0 atom stereocenters. The SMILES string of the molecule is O=C(CN(Cc1ccccc1)Cc1ccco1)Nc1cccc(C(=O)N2CCSCC2)c1. The fourth-order valence-electron chi connectivity index (χ4n) is 3.71. The Bertz CT molecular complexity index is 1020. The first-order valence-electron chi connectivity index (χ1n) is 10.7. The van der Waals surface area contributed by atoms with Gasteiger partial charge in [-0.05, 0) is 35.9 Å². The Morgan fingerprint density at radius 1 is 0.969 bits per heavy atom. The maximum absolute atomic E-state index is 12.8. The highest BCUT2D eigenvalue weighted by molar-refractivity contribution is 7.99. The van der Waals surface area contributed by atoms with Crippen molar-refractivity contribution in [1.82, 2.24) is 9.80 Å². The molecular weight excluding hydrogens is 422 g/mol.